The molecular formula is C30H40N8O4S. The molecule has 2 N–H and O–H groups in total. The molecule has 0 bridgehead atoms. The van der Waals surface area contributed by atoms with E-state index in [-0.39, 0.29) is 11.9 Å². The topological polar surface area (TPSA) is 125 Å². The van der Waals surface area contributed by atoms with Crippen molar-refractivity contribution < 1.29 is 19.1 Å². The Morgan fingerprint density at radius 2 is 1.77 bits per heavy atom. The van der Waals surface area contributed by atoms with E-state index in [1.807, 2.05) is 39.0 Å². The van der Waals surface area contributed by atoms with E-state index in [2.05, 4.69) is 25.3 Å². The predicted octanol–water partition coefficient (Wildman–Crippen LogP) is 4.27. The lowest BCUT2D eigenvalue weighted by molar-refractivity contribution is 0.0509. The zero-order chi connectivity index (χ0) is 30.0. The molecule has 0 aromatic carbocycles. The van der Waals surface area contributed by atoms with Crippen molar-refractivity contribution in [2.45, 2.75) is 58.1 Å². The Hall–Kier alpha value is -3.71. The number of nitrogens with zero attached hydrogens (tertiary/aromatic N) is 6. The third kappa shape index (κ3) is 7.10. The van der Waals surface area contributed by atoms with Crippen molar-refractivity contribution in [2.75, 3.05) is 72.5 Å². The van der Waals surface area contributed by atoms with Gasteiger partial charge in [-0.3, -0.25) is 4.79 Å². The van der Waals surface area contributed by atoms with Gasteiger partial charge in [0, 0.05) is 39.3 Å². The minimum atomic E-state index is -0.551. The first-order valence-corrected chi connectivity index (χ1v) is 16.0. The van der Waals surface area contributed by atoms with Crippen LogP contribution >= 0.6 is 11.3 Å². The van der Waals surface area contributed by atoms with Crippen LogP contribution in [0, 0.1) is 0 Å². The van der Waals surface area contributed by atoms with Crippen LogP contribution in [0.1, 0.15) is 56.9 Å². The summed E-state index contributed by atoms with van der Waals surface area (Å²) in [5, 5.41) is 7.00. The number of carbonyl (C=O) groups is 2. The van der Waals surface area contributed by atoms with Gasteiger partial charge in [-0.25, -0.2) is 14.8 Å². The molecule has 0 aliphatic carbocycles. The van der Waals surface area contributed by atoms with Gasteiger partial charge in [0.05, 0.1) is 29.6 Å². The van der Waals surface area contributed by atoms with Crippen molar-refractivity contribution in [1.29, 1.82) is 0 Å². The lowest BCUT2D eigenvalue weighted by Crippen LogP contribution is -2.40. The van der Waals surface area contributed by atoms with Crippen molar-refractivity contribution in [3.8, 4) is 0 Å². The van der Waals surface area contributed by atoms with Gasteiger partial charge in [-0.1, -0.05) is 17.4 Å². The maximum absolute atomic E-state index is 13.6. The van der Waals surface area contributed by atoms with Crippen LogP contribution in [0.2, 0.25) is 0 Å². The van der Waals surface area contributed by atoms with Crippen LogP contribution < -0.4 is 25.3 Å². The highest BCUT2D eigenvalue weighted by molar-refractivity contribution is 7.22. The van der Waals surface area contributed by atoms with E-state index in [1.54, 1.807) is 17.4 Å². The second-order valence-electron chi connectivity index (χ2n) is 12.2. The minimum Gasteiger partial charge on any atom is -0.444 e. The molecule has 0 unspecified atom stereocenters. The van der Waals surface area contributed by atoms with Gasteiger partial charge in [0.15, 0.2) is 16.6 Å². The van der Waals surface area contributed by atoms with Crippen molar-refractivity contribution in [3.05, 3.63) is 30.0 Å². The number of alkyl carbamates (subject to hydrolysis) is 1. The Balaban J connectivity index is 1.19. The van der Waals surface area contributed by atoms with Gasteiger partial charge in [0.1, 0.15) is 17.1 Å². The van der Waals surface area contributed by atoms with E-state index in [9.17, 15) is 9.59 Å². The fourth-order valence-electron chi connectivity index (χ4n) is 5.64. The highest BCUT2D eigenvalue weighted by atomic mass is 32.1. The molecule has 230 valence electrons. The fourth-order valence-corrected chi connectivity index (χ4v) is 6.64. The quantitative estimate of drug-likeness (QED) is 0.419. The molecule has 6 heterocycles. The first kappa shape index (κ1) is 29.4. The molecule has 13 heteroatoms. The number of rotatable bonds is 6. The normalized spacial score (nSPS) is 19.5. The maximum atomic E-state index is 13.6. The van der Waals surface area contributed by atoms with Crippen molar-refractivity contribution >= 4 is 56.1 Å². The Morgan fingerprint density at radius 3 is 2.53 bits per heavy atom. The summed E-state index contributed by atoms with van der Waals surface area (Å²) < 4.78 is 11.8. The van der Waals surface area contributed by atoms with E-state index >= 15 is 0 Å². The summed E-state index contributed by atoms with van der Waals surface area (Å²) in [7, 11) is 0. The van der Waals surface area contributed by atoms with Crippen LogP contribution in [0.5, 0.6) is 0 Å². The number of anilines is 4. The van der Waals surface area contributed by atoms with Crippen LogP contribution in [0.4, 0.5) is 27.2 Å². The van der Waals surface area contributed by atoms with Gasteiger partial charge < -0.3 is 34.8 Å². The molecular weight excluding hydrogens is 568 g/mol. The van der Waals surface area contributed by atoms with E-state index < -0.39 is 11.7 Å². The summed E-state index contributed by atoms with van der Waals surface area (Å²) in [6.07, 6.45) is 3.72. The number of amides is 2. The average Bonchev–Trinajstić information content (AvgIpc) is 3.63. The molecule has 2 amide bonds. The Kier molecular flexibility index (Phi) is 8.53. The predicted molar refractivity (Wildman–Crippen MR) is 169 cm³/mol. The molecule has 6 rings (SSSR count). The van der Waals surface area contributed by atoms with Gasteiger partial charge in [-0.2, -0.15) is 4.98 Å². The van der Waals surface area contributed by atoms with Gasteiger partial charge >= 0.3 is 6.09 Å². The summed E-state index contributed by atoms with van der Waals surface area (Å²) in [6, 6.07) is 7.41. The number of ether oxygens (including phenoxy) is 2. The molecule has 3 aromatic heterocycles. The van der Waals surface area contributed by atoms with Crippen molar-refractivity contribution in [2.24, 2.45) is 0 Å². The molecule has 1 atom stereocenters. The van der Waals surface area contributed by atoms with Crippen LogP contribution in [0.3, 0.4) is 0 Å². The maximum Gasteiger partial charge on any atom is 0.407 e. The van der Waals surface area contributed by atoms with E-state index in [1.165, 1.54) is 6.42 Å². The number of thiazole rings is 1. The van der Waals surface area contributed by atoms with E-state index in [0.717, 1.165) is 67.6 Å². The number of piperidine rings is 1. The Morgan fingerprint density at radius 1 is 0.977 bits per heavy atom. The number of hydrogen-bond donors (Lipinski definition) is 2. The molecule has 0 spiro atoms. The fraction of sp³-hybridized carbons (Fsp3) is 0.567. The first-order valence-electron chi connectivity index (χ1n) is 15.1. The van der Waals surface area contributed by atoms with Crippen LogP contribution in [0.15, 0.2) is 24.3 Å². The van der Waals surface area contributed by atoms with E-state index in [0.29, 0.717) is 42.6 Å². The lowest BCUT2D eigenvalue weighted by atomic mass is 10.1. The molecule has 12 nitrogen and oxygen atoms in total. The summed E-state index contributed by atoms with van der Waals surface area (Å²) in [5.41, 5.74) is 1.15. The standard InChI is InChI=1S/C30H40N8O4S/c1-30(2,3)42-29(40)31-20-10-13-38(19-20)24-9-7-8-21(32-24)27(39)33-22-18-23-25(34-26(22)36-11-5-4-6-12-36)35-28(43-23)37-14-16-41-17-15-37/h7-9,18,20H,4-6,10-17,19H2,1-3H3,(H,31,40)(H,33,39)/t20-/m0/s1. The summed E-state index contributed by atoms with van der Waals surface area (Å²) >= 11 is 1.59. The van der Waals surface area contributed by atoms with Gasteiger partial charge in [0.25, 0.3) is 5.91 Å². The molecule has 3 aliphatic heterocycles. The van der Waals surface area contributed by atoms with Crippen molar-refractivity contribution in [3.63, 3.8) is 0 Å². The molecule has 3 saturated heterocycles. The zero-order valence-corrected chi connectivity index (χ0v) is 25.9. The van der Waals surface area contributed by atoms with Crippen LogP contribution in [-0.4, -0.2) is 91.1 Å². The Labute approximate surface area is 255 Å². The molecule has 3 aromatic rings. The van der Waals surface area contributed by atoms with Gasteiger partial charge in [-0.05, 0) is 64.7 Å². The van der Waals surface area contributed by atoms with Crippen LogP contribution in [-0.2, 0) is 9.47 Å². The highest BCUT2D eigenvalue weighted by Crippen LogP contribution is 2.35. The second-order valence-corrected chi connectivity index (χ2v) is 13.2. The summed E-state index contributed by atoms with van der Waals surface area (Å²) in [4.78, 5) is 46.9. The monoisotopic (exact) mass is 608 g/mol. The lowest BCUT2D eigenvalue weighted by Gasteiger charge is -2.29. The SMILES string of the molecule is CC(C)(C)OC(=O)N[C@H]1CCN(c2cccc(C(=O)Nc3cc4sc(N5CCOCC5)nc4nc3N3CCCCC3)n2)C1. The van der Waals surface area contributed by atoms with Crippen molar-refractivity contribution in [1.82, 2.24) is 20.3 Å². The summed E-state index contributed by atoms with van der Waals surface area (Å²) in [5.74, 6) is 1.16. The molecule has 3 aliphatic rings. The third-order valence-electron chi connectivity index (χ3n) is 7.74. The largest absolute Gasteiger partial charge is 0.444 e. The molecule has 3 fully saturated rings. The van der Waals surface area contributed by atoms with Gasteiger partial charge in [0.2, 0.25) is 0 Å². The zero-order valence-electron chi connectivity index (χ0n) is 25.1. The number of pyridine rings is 2. The van der Waals surface area contributed by atoms with Crippen LogP contribution in [0.25, 0.3) is 10.3 Å². The molecule has 43 heavy (non-hydrogen) atoms. The smallest absolute Gasteiger partial charge is 0.407 e. The molecule has 0 saturated carbocycles. The van der Waals surface area contributed by atoms with E-state index in [4.69, 9.17) is 24.4 Å². The minimum absolute atomic E-state index is 0.0548. The number of morpholine rings is 1. The average molecular weight is 609 g/mol. The first-order chi connectivity index (χ1) is 20.7. The number of fused-ring (bicyclic) bond motifs is 1. The highest BCUT2D eigenvalue weighted by Gasteiger charge is 2.28. The number of aromatic nitrogens is 3. The number of hydrogen-bond acceptors (Lipinski definition) is 11. The van der Waals surface area contributed by atoms with Gasteiger partial charge in [-0.15, -0.1) is 0 Å². The summed E-state index contributed by atoms with van der Waals surface area (Å²) in [6.45, 7) is 11.6. The third-order valence-corrected chi connectivity index (χ3v) is 8.79. The molecule has 0 radical (unpaired) electrons. The number of nitrogens with one attached hydrogen (secondary N) is 2. The Bertz CT molecular complexity index is 1460. The number of carbonyl (C=O) groups excluding carboxylic acids is 2. The second kappa shape index (κ2) is 12.5.